The van der Waals surface area contributed by atoms with Crippen LogP contribution in [0.15, 0.2) is 30.6 Å². The van der Waals surface area contributed by atoms with Crippen LogP contribution in [0.2, 0.25) is 0 Å². The molecule has 1 amide bonds. The van der Waals surface area contributed by atoms with Crippen molar-refractivity contribution in [2.75, 3.05) is 23.9 Å². The molecule has 4 rings (SSSR count). The molecule has 10 heteroatoms. The van der Waals surface area contributed by atoms with Crippen LogP contribution in [-0.4, -0.2) is 35.6 Å². The second-order valence-corrected chi connectivity index (χ2v) is 6.87. The molecule has 0 bridgehead atoms. The van der Waals surface area contributed by atoms with Gasteiger partial charge >= 0.3 is 0 Å². The van der Waals surface area contributed by atoms with E-state index in [0.29, 0.717) is 35.3 Å². The molecule has 7 nitrogen and oxygen atoms in total. The lowest BCUT2D eigenvalue weighted by Crippen LogP contribution is -2.40. The minimum atomic E-state index is -1.58. The van der Waals surface area contributed by atoms with E-state index < -0.39 is 29.4 Å². The largest absolute Gasteiger partial charge is 0.495 e. The third-order valence-electron chi connectivity index (χ3n) is 5.11. The predicted octanol–water partition coefficient (Wildman–Crippen LogP) is 3.25. The number of halogens is 3. The summed E-state index contributed by atoms with van der Waals surface area (Å²) in [5.41, 5.74) is 6.35. The molecular weight excluding hydrogens is 399 g/mol. The third kappa shape index (κ3) is 3.34. The maximum absolute atomic E-state index is 14.1. The standard InChI is InChI=1S/C20H18F3N5O2/c1-30-16-8-13-10(7-15(16)28-6-2-3-14(28)19(24)29)20(26-9-25-13)27-12-5-4-11(21)17(22)18(12)23/h4-5,7-9,14H,2-3,6H2,1H3,(H2,24,29)(H,25,26,27). The fourth-order valence-corrected chi connectivity index (χ4v) is 3.66. The number of rotatable bonds is 5. The summed E-state index contributed by atoms with van der Waals surface area (Å²) in [6.07, 6.45) is 2.65. The highest BCUT2D eigenvalue weighted by Gasteiger charge is 2.31. The summed E-state index contributed by atoms with van der Waals surface area (Å²) in [6.45, 7) is 0.601. The summed E-state index contributed by atoms with van der Waals surface area (Å²) in [7, 11) is 1.50. The Morgan fingerprint density at radius 2 is 2.03 bits per heavy atom. The fourth-order valence-electron chi connectivity index (χ4n) is 3.66. The number of nitrogens with one attached hydrogen (secondary N) is 1. The zero-order valence-corrected chi connectivity index (χ0v) is 16.0. The normalized spacial score (nSPS) is 16.1. The summed E-state index contributed by atoms with van der Waals surface area (Å²) in [5.74, 6) is -4.00. The minimum Gasteiger partial charge on any atom is -0.495 e. The molecule has 0 saturated carbocycles. The van der Waals surface area contributed by atoms with E-state index in [4.69, 9.17) is 10.5 Å². The highest BCUT2D eigenvalue weighted by atomic mass is 19.2. The number of benzene rings is 2. The maximum atomic E-state index is 14.1. The first-order valence-corrected chi connectivity index (χ1v) is 9.20. The first-order valence-electron chi connectivity index (χ1n) is 9.20. The van der Waals surface area contributed by atoms with Crippen molar-refractivity contribution < 1.29 is 22.7 Å². The van der Waals surface area contributed by atoms with E-state index in [2.05, 4.69) is 15.3 Å². The Balaban J connectivity index is 1.83. The first kappa shape index (κ1) is 19.7. The van der Waals surface area contributed by atoms with Crippen LogP contribution in [0.25, 0.3) is 10.9 Å². The molecule has 1 aliphatic rings. The average molecular weight is 417 g/mol. The van der Waals surface area contributed by atoms with Gasteiger partial charge in [-0.2, -0.15) is 0 Å². The van der Waals surface area contributed by atoms with Gasteiger partial charge in [-0.25, -0.2) is 23.1 Å². The van der Waals surface area contributed by atoms with Crippen molar-refractivity contribution >= 4 is 34.0 Å². The van der Waals surface area contributed by atoms with Crippen LogP contribution >= 0.6 is 0 Å². The number of carbonyl (C=O) groups is 1. The van der Waals surface area contributed by atoms with Crippen molar-refractivity contribution in [3.05, 3.63) is 48.0 Å². The van der Waals surface area contributed by atoms with Crippen molar-refractivity contribution in [1.29, 1.82) is 0 Å². The third-order valence-corrected chi connectivity index (χ3v) is 5.11. The summed E-state index contributed by atoms with van der Waals surface area (Å²) >= 11 is 0. The van der Waals surface area contributed by atoms with Crippen LogP contribution in [0, 0.1) is 17.5 Å². The number of hydrogen-bond donors (Lipinski definition) is 2. The molecule has 0 aliphatic carbocycles. The van der Waals surface area contributed by atoms with E-state index in [1.807, 2.05) is 4.90 Å². The molecule has 1 unspecified atom stereocenters. The SMILES string of the molecule is COc1cc2ncnc(Nc3ccc(F)c(F)c3F)c2cc1N1CCCC1C(N)=O. The van der Waals surface area contributed by atoms with E-state index in [1.54, 1.807) is 12.1 Å². The van der Waals surface area contributed by atoms with Gasteiger partial charge in [0.25, 0.3) is 0 Å². The molecule has 156 valence electrons. The number of primary amides is 1. The Kier molecular flexibility index (Phi) is 5.06. The second kappa shape index (κ2) is 7.69. The Bertz CT molecular complexity index is 1140. The number of nitrogens with two attached hydrogens (primary N) is 1. The molecule has 1 aromatic heterocycles. The monoisotopic (exact) mass is 417 g/mol. The predicted molar refractivity (Wildman–Crippen MR) is 105 cm³/mol. The molecule has 1 aliphatic heterocycles. The molecular formula is C20H18F3N5O2. The van der Waals surface area contributed by atoms with Crippen molar-refractivity contribution in [2.24, 2.45) is 5.73 Å². The van der Waals surface area contributed by atoms with E-state index >= 15 is 0 Å². The van der Waals surface area contributed by atoms with Gasteiger partial charge in [0.1, 0.15) is 23.9 Å². The molecule has 1 saturated heterocycles. The molecule has 2 aromatic carbocycles. The number of ether oxygens (including phenoxy) is 1. The zero-order chi connectivity index (χ0) is 21.4. The number of aromatic nitrogens is 2. The average Bonchev–Trinajstić information content (AvgIpc) is 3.23. The van der Waals surface area contributed by atoms with Crippen LogP contribution in [0.1, 0.15) is 12.8 Å². The number of methoxy groups -OCH3 is 1. The molecule has 1 fully saturated rings. The van der Waals surface area contributed by atoms with Crippen LogP contribution < -0.4 is 20.7 Å². The van der Waals surface area contributed by atoms with Gasteiger partial charge in [-0.05, 0) is 31.0 Å². The Morgan fingerprint density at radius 3 is 2.77 bits per heavy atom. The van der Waals surface area contributed by atoms with E-state index in [-0.39, 0.29) is 11.5 Å². The fraction of sp³-hybridized carbons (Fsp3) is 0.250. The molecule has 3 aromatic rings. The number of hydrogen-bond acceptors (Lipinski definition) is 6. The van der Waals surface area contributed by atoms with Gasteiger partial charge in [0.15, 0.2) is 17.5 Å². The highest BCUT2D eigenvalue weighted by Crippen LogP contribution is 2.38. The Labute approximate surface area is 169 Å². The van der Waals surface area contributed by atoms with Gasteiger partial charge in [0, 0.05) is 18.0 Å². The van der Waals surface area contributed by atoms with Gasteiger partial charge in [0.05, 0.1) is 24.0 Å². The summed E-state index contributed by atoms with van der Waals surface area (Å²) < 4.78 is 46.4. The van der Waals surface area contributed by atoms with Crippen molar-refractivity contribution in [3.63, 3.8) is 0 Å². The van der Waals surface area contributed by atoms with Gasteiger partial charge in [-0.1, -0.05) is 0 Å². The smallest absolute Gasteiger partial charge is 0.240 e. The van der Waals surface area contributed by atoms with Crippen LogP contribution in [0.4, 0.5) is 30.4 Å². The number of carbonyl (C=O) groups excluding carboxylic acids is 1. The van der Waals surface area contributed by atoms with E-state index in [1.165, 1.54) is 13.4 Å². The molecule has 2 heterocycles. The quantitative estimate of drug-likeness (QED) is 0.619. The number of amides is 1. The van der Waals surface area contributed by atoms with Crippen LogP contribution in [0.3, 0.4) is 0 Å². The topological polar surface area (TPSA) is 93.4 Å². The molecule has 1 atom stereocenters. The summed E-state index contributed by atoms with van der Waals surface area (Å²) in [4.78, 5) is 22.0. The lowest BCUT2D eigenvalue weighted by atomic mass is 10.1. The van der Waals surface area contributed by atoms with Gasteiger partial charge in [-0.3, -0.25) is 4.79 Å². The Morgan fingerprint density at radius 1 is 1.23 bits per heavy atom. The van der Waals surface area contributed by atoms with Gasteiger partial charge in [-0.15, -0.1) is 0 Å². The summed E-state index contributed by atoms with van der Waals surface area (Å²) in [6, 6.07) is 4.78. The van der Waals surface area contributed by atoms with Crippen molar-refractivity contribution in [1.82, 2.24) is 9.97 Å². The molecule has 3 N–H and O–H groups in total. The minimum absolute atomic E-state index is 0.184. The van der Waals surface area contributed by atoms with Gasteiger partial charge in [0.2, 0.25) is 5.91 Å². The van der Waals surface area contributed by atoms with Crippen LogP contribution in [0.5, 0.6) is 5.75 Å². The summed E-state index contributed by atoms with van der Waals surface area (Å²) in [5, 5.41) is 3.17. The van der Waals surface area contributed by atoms with Gasteiger partial charge < -0.3 is 20.7 Å². The van der Waals surface area contributed by atoms with E-state index in [9.17, 15) is 18.0 Å². The van der Waals surface area contributed by atoms with Crippen molar-refractivity contribution in [2.45, 2.75) is 18.9 Å². The zero-order valence-electron chi connectivity index (χ0n) is 16.0. The van der Waals surface area contributed by atoms with Crippen molar-refractivity contribution in [3.8, 4) is 5.75 Å². The number of nitrogens with zero attached hydrogens (tertiary/aromatic N) is 3. The van der Waals surface area contributed by atoms with Crippen LogP contribution in [-0.2, 0) is 4.79 Å². The van der Waals surface area contributed by atoms with E-state index in [0.717, 1.165) is 18.6 Å². The first-order chi connectivity index (χ1) is 14.4. The molecule has 0 spiro atoms. The molecule has 0 radical (unpaired) electrons. The maximum Gasteiger partial charge on any atom is 0.240 e. The Hall–Kier alpha value is -3.56. The number of fused-ring (bicyclic) bond motifs is 1. The number of anilines is 3. The lowest BCUT2D eigenvalue weighted by Gasteiger charge is -2.26. The highest BCUT2D eigenvalue weighted by molar-refractivity contribution is 5.96. The second-order valence-electron chi connectivity index (χ2n) is 6.87. The molecule has 30 heavy (non-hydrogen) atoms. The lowest BCUT2D eigenvalue weighted by molar-refractivity contribution is -0.119.